The number of piperidine rings is 1. The molecule has 0 radical (unpaired) electrons. The Labute approximate surface area is 130 Å². The van der Waals surface area contributed by atoms with Crippen molar-refractivity contribution in [1.29, 1.82) is 0 Å². The molecule has 2 aromatic rings. The Morgan fingerprint density at radius 2 is 2.14 bits per heavy atom. The average molecular weight is 301 g/mol. The second-order valence-electron chi connectivity index (χ2n) is 5.99. The molecular formula is C17H23N3O2. The van der Waals surface area contributed by atoms with E-state index in [1.807, 2.05) is 24.3 Å². The fourth-order valence-electron chi connectivity index (χ4n) is 3.11. The van der Waals surface area contributed by atoms with E-state index < -0.39 is 0 Å². The van der Waals surface area contributed by atoms with Gasteiger partial charge in [-0.25, -0.2) is 0 Å². The standard InChI is InChI=1S/C17H23N3O2/c1-2-9-20-10-7-13(8-11-20)18-17(21)12-15-14-5-3-4-6-16(14)22-19-15/h3-6,13H,2,7-12H2,1H3,(H,18,21). The first-order valence-corrected chi connectivity index (χ1v) is 8.11. The Balaban J connectivity index is 1.53. The highest BCUT2D eigenvalue weighted by Gasteiger charge is 2.21. The monoisotopic (exact) mass is 301 g/mol. The summed E-state index contributed by atoms with van der Waals surface area (Å²) < 4.78 is 5.24. The number of rotatable bonds is 5. The van der Waals surface area contributed by atoms with Gasteiger partial charge in [0, 0.05) is 24.5 Å². The zero-order valence-corrected chi connectivity index (χ0v) is 13.0. The minimum absolute atomic E-state index is 0.0352. The lowest BCUT2D eigenvalue weighted by Crippen LogP contribution is -2.45. The molecule has 3 rings (SSSR count). The smallest absolute Gasteiger partial charge is 0.226 e. The van der Waals surface area contributed by atoms with E-state index in [0.717, 1.165) is 49.1 Å². The molecule has 0 aliphatic carbocycles. The first kappa shape index (κ1) is 15.0. The number of carbonyl (C=O) groups excluding carboxylic acids is 1. The van der Waals surface area contributed by atoms with Gasteiger partial charge < -0.3 is 14.7 Å². The number of hydrogen-bond acceptors (Lipinski definition) is 4. The molecule has 2 heterocycles. The van der Waals surface area contributed by atoms with Crippen molar-refractivity contribution >= 4 is 16.9 Å². The Bertz CT molecular complexity index is 630. The molecule has 22 heavy (non-hydrogen) atoms. The van der Waals surface area contributed by atoms with E-state index in [0.29, 0.717) is 6.04 Å². The summed E-state index contributed by atoms with van der Waals surface area (Å²) >= 11 is 0. The molecule has 0 saturated carbocycles. The Morgan fingerprint density at radius 3 is 2.91 bits per heavy atom. The fourth-order valence-corrected chi connectivity index (χ4v) is 3.11. The number of carbonyl (C=O) groups is 1. The number of amides is 1. The van der Waals surface area contributed by atoms with Gasteiger partial charge in [-0.2, -0.15) is 0 Å². The molecule has 5 heteroatoms. The number of para-hydroxylation sites is 1. The first-order valence-electron chi connectivity index (χ1n) is 8.11. The van der Waals surface area contributed by atoms with Crippen molar-refractivity contribution in [2.45, 2.75) is 38.6 Å². The third-order valence-corrected chi connectivity index (χ3v) is 4.27. The number of nitrogens with one attached hydrogen (secondary N) is 1. The predicted molar refractivity (Wildman–Crippen MR) is 85.6 cm³/mol. The van der Waals surface area contributed by atoms with E-state index in [2.05, 4.69) is 22.3 Å². The SMILES string of the molecule is CCCN1CCC(NC(=O)Cc2noc3ccccc23)CC1. The van der Waals surface area contributed by atoms with Gasteiger partial charge in [0.1, 0.15) is 5.69 Å². The molecular weight excluding hydrogens is 278 g/mol. The van der Waals surface area contributed by atoms with E-state index in [-0.39, 0.29) is 12.3 Å². The molecule has 0 unspecified atom stereocenters. The number of likely N-dealkylation sites (tertiary alicyclic amines) is 1. The van der Waals surface area contributed by atoms with Gasteiger partial charge in [-0.1, -0.05) is 24.2 Å². The van der Waals surface area contributed by atoms with Crippen molar-refractivity contribution in [3.05, 3.63) is 30.0 Å². The highest BCUT2D eigenvalue weighted by atomic mass is 16.5. The third kappa shape index (κ3) is 3.47. The molecule has 0 bridgehead atoms. The second kappa shape index (κ2) is 6.92. The van der Waals surface area contributed by atoms with Crippen LogP contribution in [0.4, 0.5) is 0 Å². The van der Waals surface area contributed by atoms with Crippen molar-refractivity contribution in [2.24, 2.45) is 0 Å². The Kier molecular flexibility index (Phi) is 4.73. The molecule has 118 valence electrons. The molecule has 1 aliphatic rings. The van der Waals surface area contributed by atoms with Gasteiger partial charge in [0.15, 0.2) is 5.58 Å². The van der Waals surface area contributed by atoms with Crippen LogP contribution >= 0.6 is 0 Å². The summed E-state index contributed by atoms with van der Waals surface area (Å²) in [4.78, 5) is 14.7. The molecule has 1 aliphatic heterocycles. The van der Waals surface area contributed by atoms with Crippen molar-refractivity contribution in [1.82, 2.24) is 15.4 Å². The van der Waals surface area contributed by atoms with Gasteiger partial charge in [0.25, 0.3) is 0 Å². The van der Waals surface area contributed by atoms with Crippen molar-refractivity contribution in [3.8, 4) is 0 Å². The molecule has 1 N–H and O–H groups in total. The average Bonchev–Trinajstić information content (AvgIpc) is 2.93. The summed E-state index contributed by atoms with van der Waals surface area (Å²) in [6.07, 6.45) is 3.54. The van der Waals surface area contributed by atoms with Gasteiger partial charge in [0.05, 0.1) is 6.42 Å². The lowest BCUT2D eigenvalue weighted by Gasteiger charge is -2.32. The summed E-state index contributed by atoms with van der Waals surface area (Å²) in [5.74, 6) is 0.0352. The second-order valence-corrected chi connectivity index (χ2v) is 5.99. The quantitative estimate of drug-likeness (QED) is 0.921. The number of hydrogen-bond donors (Lipinski definition) is 1. The zero-order chi connectivity index (χ0) is 15.4. The Hall–Kier alpha value is -1.88. The van der Waals surface area contributed by atoms with Crippen LogP contribution in [0.2, 0.25) is 0 Å². The van der Waals surface area contributed by atoms with Crippen LogP contribution in [-0.4, -0.2) is 41.6 Å². The first-order chi connectivity index (χ1) is 10.8. The van der Waals surface area contributed by atoms with Crippen molar-refractivity contribution < 1.29 is 9.32 Å². The minimum atomic E-state index is 0.0352. The van der Waals surface area contributed by atoms with Crippen LogP contribution in [0.3, 0.4) is 0 Å². The van der Waals surface area contributed by atoms with Gasteiger partial charge in [-0.15, -0.1) is 0 Å². The van der Waals surface area contributed by atoms with E-state index in [1.165, 1.54) is 6.42 Å². The predicted octanol–water partition coefficient (Wildman–Crippen LogP) is 2.36. The third-order valence-electron chi connectivity index (χ3n) is 4.27. The summed E-state index contributed by atoms with van der Waals surface area (Å²) in [5.41, 5.74) is 1.45. The van der Waals surface area contributed by atoms with Crippen LogP contribution in [0.15, 0.2) is 28.8 Å². The van der Waals surface area contributed by atoms with Crippen molar-refractivity contribution in [3.63, 3.8) is 0 Å². The minimum Gasteiger partial charge on any atom is -0.356 e. The number of aromatic nitrogens is 1. The zero-order valence-electron chi connectivity index (χ0n) is 13.0. The molecule has 1 saturated heterocycles. The van der Waals surface area contributed by atoms with Crippen molar-refractivity contribution in [2.75, 3.05) is 19.6 Å². The Morgan fingerprint density at radius 1 is 1.36 bits per heavy atom. The van der Waals surface area contributed by atoms with Gasteiger partial charge in [-0.3, -0.25) is 4.79 Å². The fraction of sp³-hybridized carbons (Fsp3) is 0.529. The van der Waals surface area contributed by atoms with Crippen LogP contribution in [0.25, 0.3) is 11.0 Å². The maximum Gasteiger partial charge on any atom is 0.226 e. The summed E-state index contributed by atoms with van der Waals surface area (Å²) in [6.45, 7) is 5.51. The molecule has 1 aromatic carbocycles. The molecule has 1 amide bonds. The summed E-state index contributed by atoms with van der Waals surface area (Å²) in [6, 6.07) is 7.94. The van der Waals surface area contributed by atoms with Crippen LogP contribution in [-0.2, 0) is 11.2 Å². The van der Waals surface area contributed by atoms with Gasteiger partial charge in [0.2, 0.25) is 5.91 Å². The van der Waals surface area contributed by atoms with E-state index >= 15 is 0 Å². The van der Waals surface area contributed by atoms with Gasteiger partial charge in [-0.05, 0) is 37.9 Å². The van der Waals surface area contributed by atoms with Crippen LogP contribution in [0.1, 0.15) is 31.9 Å². The van der Waals surface area contributed by atoms with Crippen LogP contribution < -0.4 is 5.32 Å². The van der Waals surface area contributed by atoms with E-state index in [9.17, 15) is 4.79 Å². The normalized spacial score (nSPS) is 17.0. The maximum absolute atomic E-state index is 12.2. The van der Waals surface area contributed by atoms with E-state index in [4.69, 9.17) is 4.52 Å². The number of fused-ring (bicyclic) bond motifs is 1. The van der Waals surface area contributed by atoms with Crippen LogP contribution in [0, 0.1) is 0 Å². The van der Waals surface area contributed by atoms with E-state index in [1.54, 1.807) is 0 Å². The van der Waals surface area contributed by atoms with Crippen LogP contribution in [0.5, 0.6) is 0 Å². The highest BCUT2D eigenvalue weighted by Crippen LogP contribution is 2.18. The topological polar surface area (TPSA) is 58.4 Å². The summed E-state index contributed by atoms with van der Waals surface area (Å²) in [7, 11) is 0. The molecule has 1 aromatic heterocycles. The number of nitrogens with zero attached hydrogens (tertiary/aromatic N) is 2. The lowest BCUT2D eigenvalue weighted by molar-refractivity contribution is -0.121. The summed E-state index contributed by atoms with van der Waals surface area (Å²) in [5, 5.41) is 8.08. The van der Waals surface area contributed by atoms with Gasteiger partial charge >= 0.3 is 0 Å². The number of benzene rings is 1. The lowest BCUT2D eigenvalue weighted by atomic mass is 10.0. The molecule has 1 fully saturated rings. The highest BCUT2D eigenvalue weighted by molar-refractivity contribution is 5.86. The maximum atomic E-state index is 12.2. The molecule has 0 spiro atoms. The molecule has 0 atom stereocenters. The largest absolute Gasteiger partial charge is 0.356 e. The molecule has 5 nitrogen and oxygen atoms in total.